The van der Waals surface area contributed by atoms with Crippen molar-refractivity contribution in [1.29, 1.82) is 0 Å². The van der Waals surface area contributed by atoms with Crippen LogP contribution in [0.2, 0.25) is 0 Å². The Morgan fingerprint density at radius 3 is 2.18 bits per heavy atom. The first-order valence-electron chi connectivity index (χ1n) is 10.3. The van der Waals surface area contributed by atoms with Crippen molar-refractivity contribution in [3.05, 3.63) is 65.7 Å². The van der Waals surface area contributed by atoms with Gasteiger partial charge in [-0.2, -0.15) is 0 Å². The Balaban J connectivity index is 2.18. The number of hydrogen-bond donors (Lipinski definition) is 0. The Labute approximate surface area is 168 Å². The predicted molar refractivity (Wildman–Crippen MR) is 118 cm³/mol. The van der Waals surface area contributed by atoms with Gasteiger partial charge in [0.2, 0.25) is 0 Å². The third kappa shape index (κ3) is 3.94. The normalized spacial score (nSPS) is 13.3. The van der Waals surface area contributed by atoms with Crippen molar-refractivity contribution in [1.82, 2.24) is 9.88 Å². The predicted octanol–water partition coefficient (Wildman–Crippen LogP) is 6.25. The minimum Gasteiger partial charge on any atom is -0.333 e. The van der Waals surface area contributed by atoms with Crippen LogP contribution in [-0.2, 0) is 0 Å². The summed E-state index contributed by atoms with van der Waals surface area (Å²) in [6, 6.07) is 18.6. The van der Waals surface area contributed by atoms with E-state index < -0.39 is 0 Å². The second kappa shape index (κ2) is 8.55. The lowest BCUT2D eigenvalue weighted by atomic mass is 10.0. The van der Waals surface area contributed by atoms with Crippen molar-refractivity contribution < 1.29 is 4.79 Å². The van der Waals surface area contributed by atoms with Crippen LogP contribution in [0.25, 0.3) is 22.2 Å². The van der Waals surface area contributed by atoms with E-state index in [1.165, 1.54) is 5.56 Å². The van der Waals surface area contributed by atoms with Gasteiger partial charge in [-0.3, -0.25) is 4.79 Å². The maximum atomic E-state index is 13.7. The van der Waals surface area contributed by atoms with E-state index in [4.69, 9.17) is 4.98 Å². The van der Waals surface area contributed by atoms with Gasteiger partial charge in [0, 0.05) is 23.0 Å². The molecule has 0 fully saturated rings. The number of fused-ring (bicyclic) bond motifs is 1. The zero-order valence-electron chi connectivity index (χ0n) is 17.6. The maximum absolute atomic E-state index is 13.7. The molecule has 0 spiro atoms. The highest BCUT2D eigenvalue weighted by Crippen LogP contribution is 2.27. The van der Waals surface area contributed by atoms with Crippen molar-refractivity contribution in [2.24, 2.45) is 0 Å². The Morgan fingerprint density at radius 2 is 1.57 bits per heavy atom. The van der Waals surface area contributed by atoms with E-state index >= 15 is 0 Å². The number of carbonyl (C=O) groups excluding carboxylic acids is 1. The lowest BCUT2D eigenvalue weighted by molar-refractivity contribution is 0.0600. The van der Waals surface area contributed by atoms with Crippen LogP contribution in [0, 0.1) is 6.92 Å². The van der Waals surface area contributed by atoms with Gasteiger partial charge in [0.05, 0.1) is 16.8 Å². The van der Waals surface area contributed by atoms with Crippen molar-refractivity contribution in [2.45, 2.75) is 59.5 Å². The van der Waals surface area contributed by atoms with Crippen molar-refractivity contribution in [2.75, 3.05) is 0 Å². The van der Waals surface area contributed by atoms with Crippen molar-refractivity contribution >= 4 is 16.8 Å². The molecule has 2 aromatic carbocycles. The van der Waals surface area contributed by atoms with Gasteiger partial charge < -0.3 is 4.90 Å². The SMILES string of the molecule is CCC(C)N(C(=O)c1cc(-c2ccc(C)cc2)nc2ccccc12)C(C)CC. The molecule has 1 amide bonds. The quantitative estimate of drug-likeness (QED) is 0.511. The van der Waals surface area contributed by atoms with E-state index in [9.17, 15) is 4.79 Å². The smallest absolute Gasteiger partial charge is 0.255 e. The highest BCUT2D eigenvalue weighted by molar-refractivity contribution is 6.07. The molecule has 0 aliphatic rings. The minimum absolute atomic E-state index is 0.0932. The Bertz CT molecular complexity index is 952. The summed E-state index contributed by atoms with van der Waals surface area (Å²) in [4.78, 5) is 20.6. The fraction of sp³-hybridized carbons (Fsp3) is 0.360. The van der Waals surface area contributed by atoms with Crippen LogP contribution in [-0.4, -0.2) is 27.9 Å². The number of aromatic nitrogens is 1. The number of rotatable bonds is 6. The van der Waals surface area contributed by atoms with Gasteiger partial charge in [0.1, 0.15) is 0 Å². The summed E-state index contributed by atoms with van der Waals surface area (Å²) < 4.78 is 0. The Kier molecular flexibility index (Phi) is 6.13. The largest absolute Gasteiger partial charge is 0.333 e. The highest BCUT2D eigenvalue weighted by atomic mass is 16.2. The van der Waals surface area contributed by atoms with Crippen LogP contribution in [0.1, 0.15) is 56.5 Å². The first-order chi connectivity index (χ1) is 13.5. The number of carbonyl (C=O) groups is 1. The summed E-state index contributed by atoms with van der Waals surface area (Å²) in [5, 5.41) is 0.917. The first kappa shape index (κ1) is 20.1. The molecule has 3 heteroatoms. The summed E-state index contributed by atoms with van der Waals surface area (Å²) in [7, 11) is 0. The molecule has 0 saturated heterocycles. The molecule has 1 aromatic heterocycles. The lowest BCUT2D eigenvalue weighted by Crippen LogP contribution is -2.44. The van der Waals surface area contributed by atoms with Crippen LogP contribution in [0.5, 0.6) is 0 Å². The van der Waals surface area contributed by atoms with Crippen LogP contribution in [0.3, 0.4) is 0 Å². The van der Waals surface area contributed by atoms with Gasteiger partial charge in [0.15, 0.2) is 0 Å². The molecule has 3 nitrogen and oxygen atoms in total. The average Bonchev–Trinajstić information content (AvgIpc) is 2.73. The minimum atomic E-state index is 0.0932. The van der Waals surface area contributed by atoms with E-state index in [0.717, 1.165) is 40.6 Å². The topological polar surface area (TPSA) is 33.2 Å². The van der Waals surface area contributed by atoms with Gasteiger partial charge in [-0.25, -0.2) is 4.98 Å². The monoisotopic (exact) mass is 374 g/mol. The summed E-state index contributed by atoms with van der Waals surface area (Å²) >= 11 is 0. The molecule has 0 saturated carbocycles. The fourth-order valence-corrected chi connectivity index (χ4v) is 3.59. The van der Waals surface area contributed by atoms with Crippen LogP contribution in [0.15, 0.2) is 54.6 Å². The number of benzene rings is 2. The number of aryl methyl sites for hydroxylation is 1. The second-order valence-corrected chi connectivity index (χ2v) is 7.67. The van der Waals surface area contributed by atoms with E-state index in [1.54, 1.807) is 0 Å². The molecule has 0 bridgehead atoms. The maximum Gasteiger partial charge on any atom is 0.255 e. The van der Waals surface area contributed by atoms with Crippen LogP contribution >= 0.6 is 0 Å². The molecule has 0 N–H and O–H groups in total. The summed E-state index contributed by atoms with van der Waals surface area (Å²) in [5.41, 5.74) is 4.68. The number of amides is 1. The van der Waals surface area contributed by atoms with Crippen LogP contribution in [0.4, 0.5) is 0 Å². The molecular formula is C25H30N2O. The number of para-hydroxylation sites is 1. The van der Waals surface area contributed by atoms with Gasteiger partial charge in [-0.1, -0.05) is 61.9 Å². The Morgan fingerprint density at radius 1 is 0.964 bits per heavy atom. The van der Waals surface area contributed by atoms with E-state index in [2.05, 4.69) is 58.9 Å². The summed E-state index contributed by atoms with van der Waals surface area (Å²) in [6.45, 7) is 10.6. The second-order valence-electron chi connectivity index (χ2n) is 7.67. The molecule has 0 radical (unpaired) electrons. The number of pyridine rings is 1. The fourth-order valence-electron chi connectivity index (χ4n) is 3.59. The average molecular weight is 375 g/mol. The van der Waals surface area contributed by atoms with Gasteiger partial charge >= 0.3 is 0 Å². The van der Waals surface area contributed by atoms with Gasteiger partial charge in [-0.05, 0) is 45.7 Å². The van der Waals surface area contributed by atoms with Gasteiger partial charge in [0.25, 0.3) is 5.91 Å². The molecular weight excluding hydrogens is 344 g/mol. The van der Waals surface area contributed by atoms with Crippen LogP contribution < -0.4 is 0 Å². The number of hydrogen-bond acceptors (Lipinski definition) is 2. The van der Waals surface area contributed by atoms with Crippen molar-refractivity contribution in [3.63, 3.8) is 0 Å². The molecule has 146 valence electrons. The summed E-state index contributed by atoms with van der Waals surface area (Å²) in [6.07, 6.45) is 1.87. The molecule has 3 aromatic rings. The molecule has 28 heavy (non-hydrogen) atoms. The third-order valence-electron chi connectivity index (χ3n) is 5.66. The number of nitrogens with zero attached hydrogens (tertiary/aromatic N) is 2. The molecule has 0 aliphatic heterocycles. The third-order valence-corrected chi connectivity index (χ3v) is 5.66. The van der Waals surface area contributed by atoms with E-state index in [1.807, 2.05) is 35.2 Å². The highest BCUT2D eigenvalue weighted by Gasteiger charge is 2.26. The molecule has 3 rings (SSSR count). The van der Waals surface area contributed by atoms with E-state index in [-0.39, 0.29) is 18.0 Å². The molecule has 2 unspecified atom stereocenters. The zero-order chi connectivity index (χ0) is 20.3. The molecule has 2 atom stereocenters. The van der Waals surface area contributed by atoms with Crippen molar-refractivity contribution in [3.8, 4) is 11.3 Å². The van der Waals surface area contributed by atoms with E-state index in [0.29, 0.717) is 0 Å². The van der Waals surface area contributed by atoms with Gasteiger partial charge in [-0.15, -0.1) is 0 Å². The molecule has 0 aliphatic carbocycles. The lowest BCUT2D eigenvalue weighted by Gasteiger charge is -2.34. The summed E-state index contributed by atoms with van der Waals surface area (Å²) in [5.74, 6) is 0.0932. The zero-order valence-corrected chi connectivity index (χ0v) is 17.6. The standard InChI is InChI=1S/C25H30N2O/c1-6-18(4)27(19(5)7-2)25(28)22-16-24(20-14-12-17(3)13-15-20)26-23-11-9-8-10-21(22)23/h8-16,18-19H,6-7H2,1-5H3. The Hall–Kier alpha value is -2.68. The molecule has 1 heterocycles. The first-order valence-corrected chi connectivity index (χ1v) is 10.3.